The number of hydrogen-bond donors (Lipinski definition) is 3. The van der Waals surface area contributed by atoms with Gasteiger partial charge in [-0.25, -0.2) is 24.7 Å². The van der Waals surface area contributed by atoms with Gasteiger partial charge < -0.3 is 15.2 Å². The Morgan fingerprint density at radius 1 is 1.10 bits per heavy atom. The number of nitrogens with one attached hydrogen (secondary N) is 3. The number of nitrogens with zero attached hydrogens (tertiary/aromatic N) is 6. The maximum Gasteiger partial charge on any atom is 0.321 e. The Balaban J connectivity index is 1.33. The first kappa shape index (κ1) is 20.7. The van der Waals surface area contributed by atoms with E-state index in [0.29, 0.717) is 12.5 Å². The predicted molar refractivity (Wildman–Crippen MR) is 119 cm³/mol. The van der Waals surface area contributed by atoms with Crippen molar-refractivity contribution >= 4 is 17.7 Å². The molecule has 0 atom stereocenters. The third-order valence-corrected chi connectivity index (χ3v) is 5.17. The molecule has 0 saturated carbocycles. The van der Waals surface area contributed by atoms with Crippen LogP contribution in [0.1, 0.15) is 18.3 Å². The van der Waals surface area contributed by atoms with E-state index in [1.807, 2.05) is 26.0 Å². The van der Waals surface area contributed by atoms with E-state index < -0.39 is 0 Å². The number of aromatic nitrogens is 5. The second-order valence-corrected chi connectivity index (χ2v) is 7.36. The molecule has 3 aromatic rings. The Morgan fingerprint density at radius 3 is 2.65 bits per heavy atom. The second kappa shape index (κ2) is 9.52. The van der Waals surface area contributed by atoms with Crippen molar-refractivity contribution in [3.8, 4) is 11.5 Å². The monoisotopic (exact) mass is 421 g/mol. The van der Waals surface area contributed by atoms with E-state index in [0.717, 1.165) is 61.3 Å². The summed E-state index contributed by atoms with van der Waals surface area (Å²) < 4.78 is 0. The Kier molecular flexibility index (Phi) is 6.37. The van der Waals surface area contributed by atoms with E-state index in [-0.39, 0.29) is 6.03 Å². The molecule has 3 aromatic heterocycles. The fourth-order valence-electron chi connectivity index (χ4n) is 3.65. The highest BCUT2D eigenvalue weighted by molar-refractivity contribution is 5.87. The molecule has 0 aliphatic carbocycles. The van der Waals surface area contributed by atoms with Crippen molar-refractivity contribution in [2.75, 3.05) is 42.9 Å². The lowest BCUT2D eigenvalue weighted by molar-refractivity contribution is 0.246. The maximum atomic E-state index is 11.7. The molecule has 1 fully saturated rings. The summed E-state index contributed by atoms with van der Waals surface area (Å²) in [5.74, 6) is 1.10. The fourth-order valence-corrected chi connectivity index (χ4v) is 3.65. The highest BCUT2D eigenvalue weighted by atomic mass is 16.2. The van der Waals surface area contributed by atoms with Gasteiger partial charge in [0.15, 0.2) is 5.82 Å². The number of piperazine rings is 1. The Labute approximate surface area is 181 Å². The fraction of sp³-hybridized carbons (Fsp3) is 0.381. The lowest BCUT2D eigenvalue weighted by atomic mass is 10.2. The first-order valence-corrected chi connectivity index (χ1v) is 10.4. The molecule has 10 heteroatoms. The molecule has 162 valence electrons. The number of anilines is 2. The van der Waals surface area contributed by atoms with Crippen LogP contribution in [0.2, 0.25) is 0 Å². The molecule has 31 heavy (non-hydrogen) atoms. The summed E-state index contributed by atoms with van der Waals surface area (Å²) in [4.78, 5) is 37.1. The zero-order chi connectivity index (χ0) is 21.6. The smallest absolute Gasteiger partial charge is 0.321 e. The number of H-pyrrole nitrogens is 1. The molecule has 1 aliphatic rings. The summed E-state index contributed by atoms with van der Waals surface area (Å²) in [5, 5.41) is 5.33. The number of amides is 2. The lowest BCUT2D eigenvalue weighted by Gasteiger charge is -2.36. The molecule has 0 unspecified atom stereocenters. The molecular formula is C21H27N9O. The quantitative estimate of drug-likeness (QED) is 0.558. The van der Waals surface area contributed by atoms with Gasteiger partial charge >= 0.3 is 6.03 Å². The highest BCUT2D eigenvalue weighted by Crippen LogP contribution is 2.23. The van der Waals surface area contributed by atoms with E-state index in [2.05, 4.69) is 46.4 Å². The standard InChI is InChI=1S/C21H27N9O/c1-3-22-21(31)28-20-25-7-6-16(27-20)14-29-10-12-30(13-11-29)18-5-4-17(26-15(18)2)19-23-8-9-24-19/h4-9H,3,10-14H2,1-2H3,(H,23,24)(H2,22,25,27,28,31). The molecule has 10 nitrogen and oxygen atoms in total. The summed E-state index contributed by atoms with van der Waals surface area (Å²) in [6.45, 7) is 8.84. The Bertz CT molecular complexity index is 1010. The topological polar surface area (TPSA) is 115 Å². The van der Waals surface area contributed by atoms with Gasteiger partial charge in [0.1, 0.15) is 5.69 Å². The molecule has 0 bridgehead atoms. The average Bonchev–Trinajstić information content (AvgIpc) is 3.30. The molecule has 4 rings (SSSR count). The summed E-state index contributed by atoms with van der Waals surface area (Å²) >= 11 is 0. The zero-order valence-electron chi connectivity index (χ0n) is 17.8. The normalized spacial score (nSPS) is 14.5. The van der Waals surface area contributed by atoms with Crippen LogP contribution in [-0.2, 0) is 6.54 Å². The predicted octanol–water partition coefficient (Wildman–Crippen LogP) is 2.03. The van der Waals surface area contributed by atoms with E-state index in [1.54, 1.807) is 18.6 Å². The highest BCUT2D eigenvalue weighted by Gasteiger charge is 2.20. The summed E-state index contributed by atoms with van der Waals surface area (Å²) in [5.41, 5.74) is 3.89. The molecule has 0 radical (unpaired) electrons. The number of imidazole rings is 1. The molecular weight excluding hydrogens is 394 g/mol. The van der Waals surface area contributed by atoms with Gasteiger partial charge in [0.2, 0.25) is 5.95 Å². The van der Waals surface area contributed by atoms with Crippen molar-refractivity contribution < 1.29 is 4.79 Å². The van der Waals surface area contributed by atoms with Crippen LogP contribution >= 0.6 is 0 Å². The number of rotatable bonds is 6. The summed E-state index contributed by atoms with van der Waals surface area (Å²) in [6, 6.07) is 5.73. The van der Waals surface area contributed by atoms with Crippen LogP contribution < -0.4 is 15.5 Å². The van der Waals surface area contributed by atoms with Crippen LogP contribution in [0.4, 0.5) is 16.4 Å². The van der Waals surface area contributed by atoms with Gasteiger partial charge in [0.25, 0.3) is 0 Å². The number of aromatic amines is 1. The maximum absolute atomic E-state index is 11.7. The van der Waals surface area contributed by atoms with Crippen LogP contribution in [0.3, 0.4) is 0 Å². The van der Waals surface area contributed by atoms with Crippen molar-refractivity contribution in [1.82, 2.24) is 35.1 Å². The third kappa shape index (κ3) is 5.15. The first-order valence-electron chi connectivity index (χ1n) is 10.4. The van der Waals surface area contributed by atoms with E-state index >= 15 is 0 Å². The van der Waals surface area contributed by atoms with Gasteiger partial charge in [-0.1, -0.05) is 0 Å². The van der Waals surface area contributed by atoms with Gasteiger partial charge in [-0.2, -0.15) is 0 Å². The Hall–Kier alpha value is -3.53. The van der Waals surface area contributed by atoms with Crippen LogP contribution in [-0.4, -0.2) is 68.6 Å². The van der Waals surface area contributed by atoms with E-state index in [1.165, 1.54) is 0 Å². The van der Waals surface area contributed by atoms with Gasteiger partial charge in [-0.05, 0) is 32.0 Å². The number of pyridine rings is 1. The van der Waals surface area contributed by atoms with Crippen molar-refractivity contribution in [1.29, 1.82) is 0 Å². The van der Waals surface area contributed by atoms with E-state index in [9.17, 15) is 4.79 Å². The summed E-state index contributed by atoms with van der Waals surface area (Å²) in [7, 11) is 0. The SMILES string of the molecule is CCNC(=O)Nc1nccc(CN2CCN(c3ccc(-c4ncc[nH]4)nc3C)CC2)n1. The van der Waals surface area contributed by atoms with Crippen molar-refractivity contribution in [3.05, 3.63) is 48.2 Å². The number of carbonyl (C=O) groups is 1. The Morgan fingerprint density at radius 2 is 1.94 bits per heavy atom. The molecule has 4 heterocycles. The summed E-state index contributed by atoms with van der Waals surface area (Å²) in [6.07, 6.45) is 5.21. The minimum absolute atomic E-state index is 0.296. The first-order chi connectivity index (χ1) is 15.1. The third-order valence-electron chi connectivity index (χ3n) is 5.17. The second-order valence-electron chi connectivity index (χ2n) is 7.36. The largest absolute Gasteiger partial charge is 0.368 e. The molecule has 0 aromatic carbocycles. The van der Waals surface area contributed by atoms with Gasteiger partial charge in [0.05, 0.1) is 17.1 Å². The minimum atomic E-state index is -0.296. The van der Waals surface area contributed by atoms with Gasteiger partial charge in [0, 0.05) is 57.9 Å². The van der Waals surface area contributed by atoms with Crippen LogP contribution in [0.5, 0.6) is 0 Å². The molecule has 1 aliphatic heterocycles. The van der Waals surface area contributed by atoms with Crippen molar-refractivity contribution in [3.63, 3.8) is 0 Å². The molecule has 1 saturated heterocycles. The number of hydrogen-bond acceptors (Lipinski definition) is 7. The molecule has 2 amide bonds. The van der Waals surface area contributed by atoms with Gasteiger partial charge in [-0.15, -0.1) is 0 Å². The van der Waals surface area contributed by atoms with E-state index in [4.69, 9.17) is 4.98 Å². The lowest BCUT2D eigenvalue weighted by Crippen LogP contribution is -2.46. The van der Waals surface area contributed by atoms with Gasteiger partial charge in [-0.3, -0.25) is 10.2 Å². The van der Waals surface area contributed by atoms with Crippen LogP contribution in [0, 0.1) is 6.92 Å². The minimum Gasteiger partial charge on any atom is -0.368 e. The van der Waals surface area contributed by atoms with Crippen molar-refractivity contribution in [2.24, 2.45) is 0 Å². The molecule has 3 N–H and O–H groups in total. The number of urea groups is 1. The van der Waals surface area contributed by atoms with Crippen LogP contribution in [0.15, 0.2) is 36.8 Å². The average molecular weight is 422 g/mol. The van der Waals surface area contributed by atoms with Crippen molar-refractivity contribution in [2.45, 2.75) is 20.4 Å². The zero-order valence-corrected chi connectivity index (χ0v) is 17.8. The number of carbonyl (C=O) groups excluding carboxylic acids is 1. The number of aryl methyl sites for hydroxylation is 1. The van der Waals surface area contributed by atoms with Crippen LogP contribution in [0.25, 0.3) is 11.5 Å². The molecule has 0 spiro atoms.